The molecule has 4 N–H and O–H groups in total. The summed E-state index contributed by atoms with van der Waals surface area (Å²) >= 11 is 0. The number of nitrogens with zero attached hydrogens (tertiary/aromatic N) is 1. The van der Waals surface area contributed by atoms with E-state index in [0.717, 1.165) is 4.57 Å². The van der Waals surface area contributed by atoms with Crippen LogP contribution >= 0.6 is 0 Å². The summed E-state index contributed by atoms with van der Waals surface area (Å²) in [5.41, 5.74) is -1.01. The molecule has 1 aliphatic heterocycles. The van der Waals surface area contributed by atoms with Crippen LogP contribution in [0.1, 0.15) is 11.9 Å². The molecule has 100 valence electrons. The van der Waals surface area contributed by atoms with Crippen molar-refractivity contribution < 1.29 is 20.1 Å². The lowest BCUT2D eigenvalue weighted by Gasteiger charge is -2.19. The number of aryl methyl sites for hydroxylation is 1. The van der Waals surface area contributed by atoms with Crippen molar-refractivity contribution in [1.29, 1.82) is 0 Å². The molecular formula is C10H14N2O6. The highest BCUT2D eigenvalue weighted by Gasteiger charge is 2.44. The topological polar surface area (TPSA) is 125 Å². The molecule has 2 rings (SSSR count). The first-order chi connectivity index (χ1) is 8.45. The lowest BCUT2D eigenvalue weighted by Crippen LogP contribution is -2.39. The summed E-state index contributed by atoms with van der Waals surface area (Å²) in [5.74, 6) is 0. The molecule has 1 fully saturated rings. The highest BCUT2D eigenvalue weighted by molar-refractivity contribution is 5.02. The Morgan fingerprint density at radius 1 is 1.39 bits per heavy atom. The predicted molar refractivity (Wildman–Crippen MR) is 59.1 cm³/mol. The first-order valence-corrected chi connectivity index (χ1v) is 5.40. The molecule has 1 aliphatic rings. The molecule has 1 aromatic heterocycles. The number of H-pyrrole nitrogens is 1. The fourth-order valence-electron chi connectivity index (χ4n) is 2.03. The fourth-order valence-corrected chi connectivity index (χ4v) is 2.03. The van der Waals surface area contributed by atoms with Crippen LogP contribution in [0, 0.1) is 6.92 Å². The largest absolute Gasteiger partial charge is 0.394 e. The zero-order valence-corrected chi connectivity index (χ0v) is 9.61. The van der Waals surface area contributed by atoms with Crippen LogP contribution < -0.4 is 11.2 Å². The molecule has 0 radical (unpaired) electrons. The van der Waals surface area contributed by atoms with Gasteiger partial charge >= 0.3 is 5.69 Å². The second-order valence-corrected chi connectivity index (χ2v) is 4.18. The third kappa shape index (κ3) is 1.99. The van der Waals surface area contributed by atoms with E-state index in [0.29, 0.717) is 5.69 Å². The quantitative estimate of drug-likeness (QED) is 0.463. The first-order valence-electron chi connectivity index (χ1n) is 5.40. The van der Waals surface area contributed by atoms with Gasteiger partial charge in [-0.1, -0.05) is 0 Å². The van der Waals surface area contributed by atoms with Crippen LogP contribution in [0.3, 0.4) is 0 Å². The molecule has 8 heteroatoms. The number of aliphatic hydroxyl groups is 3. The zero-order valence-electron chi connectivity index (χ0n) is 9.61. The Morgan fingerprint density at radius 2 is 2.06 bits per heavy atom. The molecule has 8 nitrogen and oxygen atoms in total. The number of aromatic nitrogens is 2. The van der Waals surface area contributed by atoms with Crippen LogP contribution in [0.15, 0.2) is 15.7 Å². The average Bonchev–Trinajstić information content (AvgIpc) is 2.56. The van der Waals surface area contributed by atoms with E-state index >= 15 is 0 Å². The van der Waals surface area contributed by atoms with E-state index in [-0.39, 0.29) is 0 Å². The Hall–Kier alpha value is -1.48. The lowest BCUT2D eigenvalue weighted by molar-refractivity contribution is -0.0559. The second-order valence-electron chi connectivity index (χ2n) is 4.18. The summed E-state index contributed by atoms with van der Waals surface area (Å²) in [5, 5.41) is 28.4. The van der Waals surface area contributed by atoms with E-state index in [1.807, 2.05) is 4.98 Å². The molecule has 18 heavy (non-hydrogen) atoms. The molecular weight excluding hydrogens is 244 g/mol. The van der Waals surface area contributed by atoms with E-state index in [1.54, 1.807) is 0 Å². The smallest absolute Gasteiger partial charge is 0.330 e. The van der Waals surface area contributed by atoms with Gasteiger partial charge in [-0.2, -0.15) is 0 Å². The number of rotatable bonds is 2. The Labute approximate surface area is 101 Å². The summed E-state index contributed by atoms with van der Waals surface area (Å²) in [4.78, 5) is 24.8. The van der Waals surface area contributed by atoms with Gasteiger partial charge in [0.2, 0.25) is 0 Å². The lowest BCUT2D eigenvalue weighted by atomic mass is 10.1. The van der Waals surface area contributed by atoms with E-state index in [4.69, 9.17) is 9.84 Å². The molecule has 0 aliphatic carbocycles. The van der Waals surface area contributed by atoms with Crippen molar-refractivity contribution in [3.8, 4) is 0 Å². The normalized spacial score (nSPS) is 31.8. The minimum Gasteiger partial charge on any atom is -0.394 e. The molecule has 2 heterocycles. The van der Waals surface area contributed by atoms with Gasteiger partial charge in [0.05, 0.1) is 6.61 Å². The van der Waals surface area contributed by atoms with Gasteiger partial charge in [-0.25, -0.2) is 4.79 Å². The molecule has 0 aromatic carbocycles. The summed E-state index contributed by atoms with van der Waals surface area (Å²) in [7, 11) is 0. The monoisotopic (exact) mass is 258 g/mol. The maximum atomic E-state index is 11.7. The highest BCUT2D eigenvalue weighted by Crippen LogP contribution is 2.28. The Kier molecular flexibility index (Phi) is 3.35. The molecule has 1 unspecified atom stereocenters. The molecule has 1 saturated heterocycles. The van der Waals surface area contributed by atoms with Crippen LogP contribution in [-0.4, -0.2) is 49.8 Å². The minimum atomic E-state index is -1.36. The van der Waals surface area contributed by atoms with Gasteiger partial charge in [-0.3, -0.25) is 14.3 Å². The van der Waals surface area contributed by atoms with Gasteiger partial charge in [0.1, 0.15) is 18.3 Å². The van der Waals surface area contributed by atoms with Crippen molar-refractivity contribution in [2.45, 2.75) is 31.5 Å². The number of hydrogen-bond donors (Lipinski definition) is 4. The van der Waals surface area contributed by atoms with Crippen molar-refractivity contribution in [1.82, 2.24) is 9.55 Å². The maximum absolute atomic E-state index is 11.7. The van der Waals surface area contributed by atoms with Gasteiger partial charge in [0, 0.05) is 11.8 Å². The number of nitrogens with one attached hydrogen (secondary N) is 1. The molecule has 0 spiro atoms. The third-order valence-corrected chi connectivity index (χ3v) is 2.94. The van der Waals surface area contributed by atoms with Crippen LogP contribution in [0.25, 0.3) is 0 Å². The highest BCUT2D eigenvalue weighted by atomic mass is 16.6. The van der Waals surface area contributed by atoms with E-state index in [9.17, 15) is 19.8 Å². The number of aliphatic hydroxyl groups excluding tert-OH is 3. The van der Waals surface area contributed by atoms with Crippen LogP contribution in [0.2, 0.25) is 0 Å². The SMILES string of the molecule is Cc1cc(=O)[nH]c(=O)n1[C@@H]1O[C@H](CO)C(O)[C@@H]1O. The van der Waals surface area contributed by atoms with Crippen molar-refractivity contribution in [3.05, 3.63) is 32.6 Å². The molecule has 0 saturated carbocycles. The minimum absolute atomic E-state index is 0.290. The predicted octanol–water partition coefficient (Wildman–Crippen LogP) is -2.54. The Balaban J connectivity index is 2.45. The number of ether oxygens (including phenoxy) is 1. The van der Waals surface area contributed by atoms with Gasteiger partial charge in [0.25, 0.3) is 5.56 Å². The van der Waals surface area contributed by atoms with Crippen LogP contribution in [-0.2, 0) is 4.74 Å². The van der Waals surface area contributed by atoms with Gasteiger partial charge in [-0.05, 0) is 6.92 Å². The van der Waals surface area contributed by atoms with Crippen molar-refractivity contribution in [2.75, 3.05) is 6.61 Å². The summed E-state index contributed by atoms with van der Waals surface area (Å²) in [6, 6.07) is 1.18. The third-order valence-electron chi connectivity index (χ3n) is 2.94. The van der Waals surface area contributed by atoms with Crippen LogP contribution in [0.5, 0.6) is 0 Å². The van der Waals surface area contributed by atoms with E-state index in [2.05, 4.69) is 0 Å². The number of hydrogen-bond acceptors (Lipinski definition) is 6. The van der Waals surface area contributed by atoms with Crippen LogP contribution in [0.4, 0.5) is 0 Å². The summed E-state index contributed by atoms with van der Waals surface area (Å²) < 4.78 is 6.25. The van der Waals surface area contributed by atoms with E-state index in [1.165, 1.54) is 13.0 Å². The van der Waals surface area contributed by atoms with Crippen molar-refractivity contribution in [3.63, 3.8) is 0 Å². The van der Waals surface area contributed by atoms with Crippen molar-refractivity contribution in [2.24, 2.45) is 0 Å². The van der Waals surface area contributed by atoms with E-state index < -0.39 is 42.4 Å². The number of aromatic amines is 1. The standard InChI is InChI=1S/C10H14N2O6/c1-4-2-6(14)11-10(17)12(4)9-8(16)7(15)5(3-13)18-9/h2,5,7-9,13,15-16H,3H2,1H3,(H,11,14,17)/t5-,7?,8+,9-/m1/s1. The molecule has 0 bridgehead atoms. The summed E-state index contributed by atoms with van der Waals surface area (Å²) in [6.07, 6.45) is -4.76. The maximum Gasteiger partial charge on any atom is 0.330 e. The second kappa shape index (κ2) is 4.65. The Bertz CT molecular complexity index is 550. The first kappa shape index (κ1) is 13.0. The Morgan fingerprint density at radius 3 is 2.56 bits per heavy atom. The molecule has 4 atom stereocenters. The van der Waals surface area contributed by atoms with Gasteiger partial charge in [-0.15, -0.1) is 0 Å². The van der Waals surface area contributed by atoms with Gasteiger partial charge in [0.15, 0.2) is 6.23 Å². The molecule has 1 aromatic rings. The van der Waals surface area contributed by atoms with Crippen molar-refractivity contribution >= 4 is 0 Å². The fraction of sp³-hybridized carbons (Fsp3) is 0.600. The molecule has 0 amide bonds. The zero-order chi connectivity index (χ0) is 13.4. The summed E-state index contributed by atoms with van der Waals surface area (Å²) in [6.45, 7) is 1.03. The average molecular weight is 258 g/mol. The van der Waals surface area contributed by atoms with Gasteiger partial charge < -0.3 is 20.1 Å².